The number of H-pyrrole nitrogens is 1. The summed E-state index contributed by atoms with van der Waals surface area (Å²) < 4.78 is 0. The number of thiophene rings is 2. The first kappa shape index (κ1) is 16.4. The van der Waals surface area contributed by atoms with Crippen LogP contribution in [0.15, 0.2) is 17.5 Å². The van der Waals surface area contributed by atoms with Crippen LogP contribution in [-0.2, 0) is 18.3 Å². The van der Waals surface area contributed by atoms with Gasteiger partial charge in [-0.3, -0.25) is 4.79 Å². The number of aryl methyl sites for hydroxylation is 2. The molecule has 1 aliphatic carbocycles. The number of aromatic amines is 1. The van der Waals surface area contributed by atoms with Crippen LogP contribution < -0.4 is 11.1 Å². The topological polar surface area (TPSA) is 110 Å². The third-order valence-electron chi connectivity index (χ3n) is 4.75. The Bertz CT molecular complexity index is 900. The molecule has 0 saturated carbocycles. The highest BCUT2D eigenvalue weighted by molar-refractivity contribution is 7.14. The Morgan fingerprint density at radius 1 is 1.40 bits per heavy atom. The molecule has 0 radical (unpaired) electrons. The molecule has 0 aromatic carbocycles. The molecular weight excluding hydrogens is 356 g/mol. The number of aromatic nitrogens is 4. The van der Waals surface area contributed by atoms with Crippen molar-refractivity contribution in [1.82, 2.24) is 25.9 Å². The molecule has 0 spiro atoms. The van der Waals surface area contributed by atoms with Crippen molar-refractivity contribution in [3.63, 3.8) is 0 Å². The molecule has 4 N–H and O–H groups in total. The number of rotatable bonds is 4. The molecular formula is C16H18N6OS2. The zero-order chi connectivity index (χ0) is 17.4. The number of nitrogens with one attached hydrogen (secondary N) is 2. The number of amides is 1. The molecule has 0 saturated heterocycles. The molecule has 9 heteroatoms. The number of hydrogen-bond acceptors (Lipinski definition) is 7. The number of nitrogens with two attached hydrogens (primary N) is 1. The SMILES string of the molecule is CNC(=O)c1cc2c(s1)CCc1sccc1C2(CCN)c1nn[nH]n1. The van der Waals surface area contributed by atoms with Gasteiger partial charge in [0.1, 0.15) is 0 Å². The number of carbonyl (C=O) groups excluding carboxylic acids is 1. The van der Waals surface area contributed by atoms with Crippen LogP contribution in [0, 0.1) is 0 Å². The van der Waals surface area contributed by atoms with Gasteiger partial charge in [0.2, 0.25) is 0 Å². The molecule has 0 fully saturated rings. The lowest BCUT2D eigenvalue weighted by atomic mass is 9.72. The van der Waals surface area contributed by atoms with Gasteiger partial charge in [-0.2, -0.15) is 5.21 Å². The van der Waals surface area contributed by atoms with Gasteiger partial charge in [0.25, 0.3) is 5.91 Å². The summed E-state index contributed by atoms with van der Waals surface area (Å²) in [4.78, 5) is 15.4. The molecule has 0 aliphatic heterocycles. The maximum absolute atomic E-state index is 12.2. The fourth-order valence-corrected chi connectivity index (χ4v) is 5.82. The Kier molecular flexibility index (Phi) is 4.14. The highest BCUT2D eigenvalue weighted by atomic mass is 32.1. The van der Waals surface area contributed by atoms with E-state index in [-0.39, 0.29) is 5.91 Å². The maximum atomic E-state index is 12.2. The molecule has 7 nitrogen and oxygen atoms in total. The summed E-state index contributed by atoms with van der Waals surface area (Å²) in [7, 11) is 1.65. The van der Waals surface area contributed by atoms with Crippen LogP contribution in [0.1, 0.15) is 42.8 Å². The Labute approximate surface area is 152 Å². The zero-order valence-corrected chi connectivity index (χ0v) is 15.3. The second-order valence-corrected chi connectivity index (χ2v) is 8.10. The monoisotopic (exact) mass is 374 g/mol. The van der Waals surface area contributed by atoms with Crippen LogP contribution in [0.5, 0.6) is 0 Å². The first-order chi connectivity index (χ1) is 12.2. The van der Waals surface area contributed by atoms with Crippen molar-refractivity contribution < 1.29 is 4.79 Å². The van der Waals surface area contributed by atoms with Crippen molar-refractivity contribution in [2.24, 2.45) is 5.73 Å². The Hall–Kier alpha value is -2.10. The van der Waals surface area contributed by atoms with Crippen molar-refractivity contribution in [2.45, 2.75) is 24.7 Å². The fraction of sp³-hybridized carbons (Fsp3) is 0.375. The normalized spacial score (nSPS) is 19.1. The second kappa shape index (κ2) is 6.32. The summed E-state index contributed by atoms with van der Waals surface area (Å²) in [5, 5.41) is 19.9. The van der Waals surface area contributed by atoms with Gasteiger partial charge < -0.3 is 11.1 Å². The van der Waals surface area contributed by atoms with Crippen molar-refractivity contribution in [1.29, 1.82) is 0 Å². The van der Waals surface area contributed by atoms with Gasteiger partial charge in [-0.1, -0.05) is 5.21 Å². The lowest BCUT2D eigenvalue weighted by Crippen LogP contribution is -2.33. The molecule has 1 unspecified atom stereocenters. The number of nitrogens with zero attached hydrogens (tertiary/aromatic N) is 3. The van der Waals surface area contributed by atoms with Gasteiger partial charge in [0.05, 0.1) is 10.3 Å². The predicted molar refractivity (Wildman–Crippen MR) is 97.2 cm³/mol. The van der Waals surface area contributed by atoms with Crippen molar-refractivity contribution in [2.75, 3.05) is 13.6 Å². The van der Waals surface area contributed by atoms with Crippen LogP contribution in [-0.4, -0.2) is 40.1 Å². The quantitative estimate of drug-likeness (QED) is 0.640. The number of tetrazole rings is 1. The third kappa shape index (κ3) is 2.42. The second-order valence-electron chi connectivity index (χ2n) is 5.96. The van der Waals surface area contributed by atoms with Crippen LogP contribution in [0.2, 0.25) is 0 Å². The van der Waals surface area contributed by atoms with Gasteiger partial charge in [-0.15, -0.1) is 32.9 Å². The molecule has 1 aliphatic rings. The molecule has 4 rings (SSSR count). The fourth-order valence-electron chi connectivity index (χ4n) is 3.68. The average molecular weight is 374 g/mol. The smallest absolute Gasteiger partial charge is 0.261 e. The summed E-state index contributed by atoms with van der Waals surface area (Å²) in [6.45, 7) is 0.481. The van der Waals surface area contributed by atoms with Crippen molar-refractivity contribution in [3.05, 3.63) is 49.1 Å². The van der Waals surface area contributed by atoms with E-state index in [4.69, 9.17) is 5.73 Å². The molecule has 130 valence electrons. The largest absolute Gasteiger partial charge is 0.354 e. The average Bonchev–Trinajstić information content (AvgIpc) is 3.37. The molecule has 3 aromatic heterocycles. The summed E-state index contributed by atoms with van der Waals surface area (Å²) in [6, 6.07) is 4.12. The van der Waals surface area contributed by atoms with Crippen LogP contribution in [0.3, 0.4) is 0 Å². The van der Waals surface area contributed by atoms with Crippen LogP contribution in [0.4, 0.5) is 0 Å². The van der Waals surface area contributed by atoms with E-state index < -0.39 is 5.41 Å². The first-order valence-corrected chi connectivity index (χ1v) is 9.76. The van der Waals surface area contributed by atoms with E-state index in [1.807, 2.05) is 6.07 Å². The molecule has 3 heterocycles. The first-order valence-electron chi connectivity index (χ1n) is 8.06. The summed E-state index contributed by atoms with van der Waals surface area (Å²) >= 11 is 3.30. The minimum absolute atomic E-state index is 0.0709. The standard InChI is InChI=1S/C16H18N6OS2/c1-18-14(23)13-8-10-12(25-13)3-2-11-9(4-7-24-11)16(10,5-6-17)15-19-21-22-20-15/h4,7-8H,2-3,5-6,17H2,1H3,(H,18,23)(H,19,20,21,22). The van der Waals surface area contributed by atoms with Gasteiger partial charge in [-0.05, 0) is 54.4 Å². The van der Waals surface area contributed by atoms with Gasteiger partial charge in [-0.25, -0.2) is 0 Å². The maximum Gasteiger partial charge on any atom is 0.261 e. The Balaban J connectivity index is 2.02. The summed E-state index contributed by atoms with van der Waals surface area (Å²) in [5.74, 6) is 0.542. The van der Waals surface area contributed by atoms with E-state index in [1.54, 1.807) is 29.7 Å². The molecule has 1 amide bonds. The lowest BCUT2D eigenvalue weighted by Gasteiger charge is -2.30. The van der Waals surface area contributed by atoms with E-state index in [9.17, 15) is 4.79 Å². The number of carbonyl (C=O) groups is 1. The molecule has 1 atom stereocenters. The third-order valence-corrected chi connectivity index (χ3v) is 6.92. The minimum Gasteiger partial charge on any atom is -0.354 e. The Morgan fingerprint density at radius 3 is 2.96 bits per heavy atom. The zero-order valence-electron chi connectivity index (χ0n) is 13.7. The van der Waals surface area contributed by atoms with Gasteiger partial charge >= 0.3 is 0 Å². The summed E-state index contributed by atoms with van der Waals surface area (Å²) in [5.41, 5.74) is 7.72. The lowest BCUT2D eigenvalue weighted by molar-refractivity contribution is 0.0967. The van der Waals surface area contributed by atoms with E-state index in [0.29, 0.717) is 23.7 Å². The summed E-state index contributed by atoms with van der Waals surface area (Å²) in [6.07, 6.45) is 2.50. The van der Waals surface area contributed by atoms with Gasteiger partial charge in [0.15, 0.2) is 5.82 Å². The number of fused-ring (bicyclic) bond motifs is 2. The van der Waals surface area contributed by atoms with Gasteiger partial charge in [0, 0.05) is 16.8 Å². The van der Waals surface area contributed by atoms with E-state index in [1.165, 1.54) is 15.3 Å². The van der Waals surface area contributed by atoms with Crippen LogP contribution >= 0.6 is 22.7 Å². The van der Waals surface area contributed by atoms with Crippen LogP contribution in [0.25, 0.3) is 0 Å². The Morgan fingerprint density at radius 2 is 2.24 bits per heavy atom. The van der Waals surface area contributed by atoms with Crippen molar-refractivity contribution >= 4 is 28.6 Å². The molecule has 25 heavy (non-hydrogen) atoms. The van der Waals surface area contributed by atoms with E-state index in [0.717, 1.165) is 18.4 Å². The minimum atomic E-state index is -0.564. The highest BCUT2D eigenvalue weighted by Gasteiger charge is 2.45. The highest BCUT2D eigenvalue weighted by Crippen LogP contribution is 2.49. The van der Waals surface area contributed by atoms with E-state index >= 15 is 0 Å². The molecule has 0 bridgehead atoms. The predicted octanol–water partition coefficient (Wildman–Crippen LogP) is 1.46. The number of hydrogen-bond donors (Lipinski definition) is 3. The molecule has 3 aromatic rings. The van der Waals surface area contributed by atoms with E-state index in [2.05, 4.69) is 37.4 Å². The van der Waals surface area contributed by atoms with Crippen molar-refractivity contribution in [3.8, 4) is 0 Å².